The molecule has 1 saturated heterocycles. The number of piperidine rings is 1. The Bertz CT molecular complexity index is 539. The summed E-state index contributed by atoms with van der Waals surface area (Å²) in [5, 5.41) is 3.04. The molecule has 6 nitrogen and oxygen atoms in total. The summed E-state index contributed by atoms with van der Waals surface area (Å²) in [6.07, 6.45) is 1.56. The van der Waals surface area contributed by atoms with Crippen LogP contribution >= 0.6 is 0 Å². The van der Waals surface area contributed by atoms with Gasteiger partial charge in [0.15, 0.2) is 0 Å². The Morgan fingerprint density at radius 2 is 2.04 bits per heavy atom. The van der Waals surface area contributed by atoms with Gasteiger partial charge in [0.1, 0.15) is 5.75 Å². The predicted octanol–water partition coefficient (Wildman–Crippen LogP) is 1.97. The van der Waals surface area contributed by atoms with E-state index < -0.39 is 0 Å². The number of carbonyl (C=O) groups excluding carboxylic acids is 2. The molecule has 1 aromatic rings. The van der Waals surface area contributed by atoms with Crippen molar-refractivity contribution in [3.8, 4) is 5.75 Å². The van der Waals surface area contributed by atoms with Gasteiger partial charge in [-0.1, -0.05) is 12.1 Å². The lowest BCUT2D eigenvalue weighted by Crippen LogP contribution is -2.47. The van der Waals surface area contributed by atoms with E-state index in [-0.39, 0.29) is 18.0 Å². The van der Waals surface area contributed by atoms with Gasteiger partial charge in [0, 0.05) is 19.1 Å². The summed E-state index contributed by atoms with van der Waals surface area (Å²) >= 11 is 0. The second-order valence-corrected chi connectivity index (χ2v) is 5.56. The van der Waals surface area contributed by atoms with Crippen molar-refractivity contribution in [2.45, 2.75) is 32.2 Å². The zero-order chi connectivity index (χ0) is 16.7. The number of hydrogen-bond acceptors (Lipinski definition) is 4. The van der Waals surface area contributed by atoms with Crippen LogP contribution in [0.25, 0.3) is 0 Å². The van der Waals surface area contributed by atoms with Crippen LogP contribution in [0.3, 0.4) is 0 Å². The summed E-state index contributed by atoms with van der Waals surface area (Å²) in [6, 6.07) is 7.61. The van der Waals surface area contributed by atoms with Crippen molar-refractivity contribution in [2.24, 2.45) is 0 Å². The van der Waals surface area contributed by atoms with Crippen molar-refractivity contribution in [3.05, 3.63) is 29.8 Å². The Labute approximate surface area is 136 Å². The molecule has 0 radical (unpaired) electrons. The van der Waals surface area contributed by atoms with E-state index in [0.717, 1.165) is 24.2 Å². The number of nitrogens with zero attached hydrogens (tertiary/aromatic N) is 1. The van der Waals surface area contributed by atoms with E-state index in [9.17, 15) is 9.59 Å². The standard InChI is InChI=1S/C17H24N2O4/c1-3-23-17(21)19-9-7-14(8-10-19)18-16(20)12-13-5-4-6-15(11-13)22-2/h4-6,11,14H,3,7-10,12H2,1-2H3,(H,18,20). The summed E-state index contributed by atoms with van der Waals surface area (Å²) in [7, 11) is 1.61. The number of carbonyl (C=O) groups is 2. The molecule has 0 unspecified atom stereocenters. The Kier molecular flexibility index (Phi) is 6.26. The van der Waals surface area contributed by atoms with Crippen LogP contribution in [0.2, 0.25) is 0 Å². The highest BCUT2D eigenvalue weighted by Gasteiger charge is 2.24. The van der Waals surface area contributed by atoms with E-state index in [1.54, 1.807) is 18.9 Å². The van der Waals surface area contributed by atoms with Crippen LogP contribution in [-0.2, 0) is 16.0 Å². The van der Waals surface area contributed by atoms with Crippen LogP contribution in [0.1, 0.15) is 25.3 Å². The predicted molar refractivity (Wildman–Crippen MR) is 86.5 cm³/mol. The maximum Gasteiger partial charge on any atom is 0.409 e. The molecule has 126 valence electrons. The van der Waals surface area contributed by atoms with E-state index in [1.807, 2.05) is 24.3 Å². The number of likely N-dealkylation sites (tertiary alicyclic amines) is 1. The number of rotatable bonds is 5. The van der Waals surface area contributed by atoms with Gasteiger partial charge in [-0.25, -0.2) is 4.79 Å². The highest BCUT2D eigenvalue weighted by Crippen LogP contribution is 2.14. The van der Waals surface area contributed by atoms with E-state index in [0.29, 0.717) is 26.1 Å². The van der Waals surface area contributed by atoms with Gasteiger partial charge in [0.05, 0.1) is 20.1 Å². The van der Waals surface area contributed by atoms with Crippen molar-refractivity contribution in [2.75, 3.05) is 26.8 Å². The van der Waals surface area contributed by atoms with Gasteiger partial charge in [-0.2, -0.15) is 0 Å². The van der Waals surface area contributed by atoms with E-state index in [2.05, 4.69) is 5.32 Å². The fourth-order valence-electron chi connectivity index (χ4n) is 2.67. The van der Waals surface area contributed by atoms with Gasteiger partial charge in [-0.15, -0.1) is 0 Å². The number of methoxy groups -OCH3 is 1. The lowest BCUT2D eigenvalue weighted by Gasteiger charge is -2.31. The third-order valence-electron chi connectivity index (χ3n) is 3.88. The largest absolute Gasteiger partial charge is 0.497 e. The number of benzene rings is 1. The minimum Gasteiger partial charge on any atom is -0.497 e. The van der Waals surface area contributed by atoms with Crippen LogP contribution in [0.4, 0.5) is 4.79 Å². The first-order valence-corrected chi connectivity index (χ1v) is 7.96. The van der Waals surface area contributed by atoms with E-state index in [4.69, 9.17) is 9.47 Å². The van der Waals surface area contributed by atoms with Gasteiger partial charge in [0.2, 0.25) is 5.91 Å². The molecule has 0 saturated carbocycles. The minimum absolute atomic E-state index is 0.00663. The van der Waals surface area contributed by atoms with Gasteiger partial charge in [0.25, 0.3) is 0 Å². The first kappa shape index (κ1) is 17.1. The molecular formula is C17H24N2O4. The topological polar surface area (TPSA) is 67.9 Å². The second-order valence-electron chi connectivity index (χ2n) is 5.56. The van der Waals surface area contributed by atoms with Gasteiger partial charge < -0.3 is 19.7 Å². The second kappa shape index (κ2) is 8.41. The van der Waals surface area contributed by atoms with Crippen molar-refractivity contribution in [3.63, 3.8) is 0 Å². The zero-order valence-corrected chi connectivity index (χ0v) is 13.7. The number of hydrogen-bond donors (Lipinski definition) is 1. The minimum atomic E-state index is -0.270. The molecule has 0 spiro atoms. The summed E-state index contributed by atoms with van der Waals surface area (Å²) in [6.45, 7) is 3.41. The van der Waals surface area contributed by atoms with Crippen molar-refractivity contribution in [1.82, 2.24) is 10.2 Å². The first-order valence-electron chi connectivity index (χ1n) is 7.96. The number of amides is 2. The van der Waals surface area contributed by atoms with E-state index >= 15 is 0 Å². The molecule has 0 aliphatic carbocycles. The highest BCUT2D eigenvalue weighted by molar-refractivity contribution is 5.79. The Morgan fingerprint density at radius 1 is 1.30 bits per heavy atom. The molecule has 1 aliphatic rings. The van der Waals surface area contributed by atoms with Crippen LogP contribution in [-0.4, -0.2) is 49.7 Å². The van der Waals surface area contributed by atoms with Crippen molar-refractivity contribution in [1.29, 1.82) is 0 Å². The van der Waals surface area contributed by atoms with Crippen LogP contribution in [0, 0.1) is 0 Å². The first-order chi connectivity index (χ1) is 11.1. The SMILES string of the molecule is CCOC(=O)N1CCC(NC(=O)Cc2cccc(OC)c2)CC1. The van der Waals surface area contributed by atoms with Crippen molar-refractivity contribution < 1.29 is 19.1 Å². The normalized spacial score (nSPS) is 15.1. The fourth-order valence-corrected chi connectivity index (χ4v) is 2.67. The summed E-state index contributed by atoms with van der Waals surface area (Å²) < 4.78 is 10.1. The third kappa shape index (κ3) is 5.16. The van der Waals surface area contributed by atoms with Crippen LogP contribution < -0.4 is 10.1 Å². The van der Waals surface area contributed by atoms with Crippen LogP contribution in [0.15, 0.2) is 24.3 Å². The molecule has 2 amide bonds. The maximum atomic E-state index is 12.1. The molecular weight excluding hydrogens is 296 g/mol. The maximum absolute atomic E-state index is 12.1. The summed E-state index contributed by atoms with van der Waals surface area (Å²) in [5.74, 6) is 0.742. The highest BCUT2D eigenvalue weighted by atomic mass is 16.6. The Morgan fingerprint density at radius 3 is 2.70 bits per heavy atom. The molecule has 1 aromatic carbocycles. The summed E-state index contributed by atoms with van der Waals surface area (Å²) in [4.78, 5) is 25.5. The quantitative estimate of drug-likeness (QED) is 0.901. The number of nitrogens with one attached hydrogen (secondary N) is 1. The van der Waals surface area contributed by atoms with Gasteiger partial charge in [-0.05, 0) is 37.5 Å². The average molecular weight is 320 g/mol. The average Bonchev–Trinajstić information content (AvgIpc) is 2.55. The molecule has 1 fully saturated rings. The monoisotopic (exact) mass is 320 g/mol. The zero-order valence-electron chi connectivity index (χ0n) is 13.7. The molecule has 2 rings (SSSR count). The molecule has 1 N–H and O–H groups in total. The smallest absolute Gasteiger partial charge is 0.409 e. The Hall–Kier alpha value is -2.24. The van der Waals surface area contributed by atoms with Crippen LogP contribution in [0.5, 0.6) is 5.75 Å². The molecule has 0 bridgehead atoms. The number of ether oxygens (including phenoxy) is 2. The third-order valence-corrected chi connectivity index (χ3v) is 3.88. The molecule has 23 heavy (non-hydrogen) atoms. The molecule has 0 aromatic heterocycles. The molecule has 1 aliphatic heterocycles. The fraction of sp³-hybridized carbons (Fsp3) is 0.529. The van der Waals surface area contributed by atoms with E-state index in [1.165, 1.54) is 0 Å². The molecule has 6 heteroatoms. The lowest BCUT2D eigenvalue weighted by atomic mass is 10.0. The van der Waals surface area contributed by atoms with Gasteiger partial charge in [-0.3, -0.25) is 4.79 Å². The van der Waals surface area contributed by atoms with Crippen molar-refractivity contribution >= 4 is 12.0 Å². The Balaban J connectivity index is 1.77. The molecule has 1 heterocycles. The van der Waals surface area contributed by atoms with Gasteiger partial charge >= 0.3 is 6.09 Å². The lowest BCUT2D eigenvalue weighted by molar-refractivity contribution is -0.121. The summed E-state index contributed by atoms with van der Waals surface area (Å²) in [5.41, 5.74) is 0.922. The molecule has 0 atom stereocenters.